The number of carbonyl (C=O) groups is 2. The van der Waals surface area contributed by atoms with Gasteiger partial charge in [0.05, 0.1) is 5.56 Å². The second kappa shape index (κ2) is 4.82. The number of carboxylic acid groups (broad SMARTS) is 1. The van der Waals surface area contributed by atoms with E-state index in [0.29, 0.717) is 11.1 Å². The van der Waals surface area contributed by atoms with E-state index in [1.54, 1.807) is 39.0 Å². The molecule has 0 aromatic heterocycles. The Morgan fingerprint density at radius 1 is 1.24 bits per heavy atom. The molecular weight excluding hydrogens is 218 g/mol. The van der Waals surface area contributed by atoms with Gasteiger partial charge in [0.25, 0.3) is 0 Å². The quantitative estimate of drug-likeness (QED) is 0.782. The predicted molar refractivity (Wildman–Crippen MR) is 65.7 cm³/mol. The number of nitrogens with two attached hydrogens (primary N) is 1. The lowest BCUT2D eigenvalue weighted by atomic mass is 9.98. The second-order valence-electron chi connectivity index (χ2n) is 4.02. The zero-order chi connectivity index (χ0) is 13.2. The van der Waals surface area contributed by atoms with Gasteiger partial charge in [-0.1, -0.05) is 6.07 Å². The van der Waals surface area contributed by atoms with Crippen molar-refractivity contribution in [2.24, 2.45) is 5.73 Å². The highest BCUT2D eigenvalue weighted by molar-refractivity contribution is 5.96. The van der Waals surface area contributed by atoms with Gasteiger partial charge in [-0.05, 0) is 49.6 Å². The van der Waals surface area contributed by atoms with E-state index in [9.17, 15) is 9.59 Å². The van der Waals surface area contributed by atoms with Crippen LogP contribution >= 0.6 is 0 Å². The fourth-order valence-corrected chi connectivity index (χ4v) is 1.53. The summed E-state index contributed by atoms with van der Waals surface area (Å²) in [7, 11) is 0. The molecule has 90 valence electrons. The summed E-state index contributed by atoms with van der Waals surface area (Å²) in [6.45, 7) is 5.15. The minimum atomic E-state index is -0.951. The molecule has 17 heavy (non-hydrogen) atoms. The normalized spacial score (nSPS) is 11.4. The Morgan fingerprint density at radius 2 is 1.82 bits per heavy atom. The molecule has 0 spiro atoms. The molecule has 0 heterocycles. The van der Waals surface area contributed by atoms with Crippen LogP contribution in [0.5, 0.6) is 0 Å². The highest BCUT2D eigenvalue weighted by Gasteiger charge is 2.09. The van der Waals surface area contributed by atoms with Crippen molar-refractivity contribution in [1.29, 1.82) is 0 Å². The fraction of sp³-hybridized carbons (Fsp3) is 0.231. The minimum absolute atomic E-state index is 0.274. The highest BCUT2D eigenvalue weighted by atomic mass is 16.4. The Labute approximate surface area is 99.8 Å². The van der Waals surface area contributed by atoms with Crippen LogP contribution in [0, 0.1) is 13.8 Å². The summed E-state index contributed by atoms with van der Waals surface area (Å²) >= 11 is 0. The second-order valence-corrected chi connectivity index (χ2v) is 4.02. The first-order valence-electron chi connectivity index (χ1n) is 5.15. The van der Waals surface area contributed by atoms with Crippen molar-refractivity contribution in [1.82, 2.24) is 0 Å². The first-order valence-corrected chi connectivity index (χ1v) is 5.15. The van der Waals surface area contributed by atoms with Crippen molar-refractivity contribution < 1.29 is 14.7 Å². The largest absolute Gasteiger partial charge is 0.478 e. The van der Waals surface area contributed by atoms with Crippen molar-refractivity contribution in [2.75, 3.05) is 0 Å². The van der Waals surface area contributed by atoms with Crippen LogP contribution in [0.4, 0.5) is 0 Å². The van der Waals surface area contributed by atoms with E-state index < -0.39 is 11.9 Å². The number of amides is 1. The van der Waals surface area contributed by atoms with E-state index in [2.05, 4.69) is 0 Å². The van der Waals surface area contributed by atoms with Crippen LogP contribution in [-0.4, -0.2) is 17.0 Å². The third kappa shape index (κ3) is 2.93. The Kier molecular flexibility index (Phi) is 3.68. The average Bonchev–Trinajstić information content (AvgIpc) is 2.22. The van der Waals surface area contributed by atoms with E-state index in [1.807, 2.05) is 0 Å². The average molecular weight is 233 g/mol. The van der Waals surface area contributed by atoms with Gasteiger partial charge in [0.1, 0.15) is 0 Å². The van der Waals surface area contributed by atoms with Crippen LogP contribution in [0.1, 0.15) is 34.0 Å². The Hall–Kier alpha value is -2.10. The molecule has 0 aliphatic carbocycles. The monoisotopic (exact) mass is 233 g/mol. The SMILES string of the molecule is CC(=Cc1cc(C)c(C(=O)O)cc1C)C(N)=O. The first-order chi connectivity index (χ1) is 7.82. The van der Waals surface area contributed by atoms with E-state index >= 15 is 0 Å². The van der Waals surface area contributed by atoms with Gasteiger partial charge in [-0.2, -0.15) is 0 Å². The summed E-state index contributed by atoms with van der Waals surface area (Å²) in [5.74, 6) is -1.43. The molecule has 0 unspecified atom stereocenters. The molecule has 0 aliphatic heterocycles. The van der Waals surface area contributed by atoms with Crippen molar-refractivity contribution in [2.45, 2.75) is 20.8 Å². The number of aryl methyl sites for hydroxylation is 2. The molecule has 1 aromatic rings. The molecule has 0 saturated carbocycles. The summed E-state index contributed by atoms with van der Waals surface area (Å²) in [5, 5.41) is 8.96. The van der Waals surface area contributed by atoms with E-state index in [-0.39, 0.29) is 5.56 Å². The summed E-state index contributed by atoms with van der Waals surface area (Å²) in [6, 6.07) is 3.34. The molecule has 4 heteroatoms. The molecule has 0 radical (unpaired) electrons. The van der Waals surface area contributed by atoms with Crippen LogP contribution in [0.3, 0.4) is 0 Å². The molecule has 0 atom stereocenters. The number of primary amides is 1. The Morgan fingerprint density at radius 3 is 2.29 bits per heavy atom. The minimum Gasteiger partial charge on any atom is -0.478 e. The number of benzene rings is 1. The summed E-state index contributed by atoms with van der Waals surface area (Å²) in [4.78, 5) is 21.9. The maximum atomic E-state index is 10.9. The van der Waals surface area contributed by atoms with Gasteiger partial charge in [0.15, 0.2) is 0 Å². The van der Waals surface area contributed by atoms with Crippen molar-refractivity contribution in [3.05, 3.63) is 40.0 Å². The lowest BCUT2D eigenvalue weighted by Crippen LogP contribution is -2.11. The zero-order valence-corrected chi connectivity index (χ0v) is 10.1. The number of carbonyl (C=O) groups excluding carboxylic acids is 1. The molecule has 4 nitrogen and oxygen atoms in total. The molecule has 0 fully saturated rings. The first kappa shape index (κ1) is 13.0. The maximum absolute atomic E-state index is 10.9. The number of rotatable bonds is 3. The van der Waals surface area contributed by atoms with Crippen LogP contribution < -0.4 is 5.73 Å². The summed E-state index contributed by atoms with van der Waals surface area (Å²) in [6.07, 6.45) is 1.66. The Balaban J connectivity index is 3.30. The summed E-state index contributed by atoms with van der Waals surface area (Å²) in [5.41, 5.74) is 8.13. The van der Waals surface area contributed by atoms with Crippen LogP contribution in [0.25, 0.3) is 6.08 Å². The smallest absolute Gasteiger partial charge is 0.335 e. The van der Waals surface area contributed by atoms with Gasteiger partial charge >= 0.3 is 5.97 Å². The fourth-order valence-electron chi connectivity index (χ4n) is 1.53. The van der Waals surface area contributed by atoms with Crippen LogP contribution in [-0.2, 0) is 4.79 Å². The van der Waals surface area contributed by atoms with Gasteiger partial charge in [0.2, 0.25) is 5.91 Å². The molecule has 0 bridgehead atoms. The lowest BCUT2D eigenvalue weighted by Gasteiger charge is -2.07. The molecule has 3 N–H and O–H groups in total. The molecule has 1 rings (SSSR count). The van der Waals surface area contributed by atoms with Crippen LogP contribution in [0.2, 0.25) is 0 Å². The van der Waals surface area contributed by atoms with Crippen molar-refractivity contribution in [3.8, 4) is 0 Å². The van der Waals surface area contributed by atoms with E-state index in [0.717, 1.165) is 11.1 Å². The third-order valence-corrected chi connectivity index (χ3v) is 2.60. The van der Waals surface area contributed by atoms with E-state index in [4.69, 9.17) is 10.8 Å². The summed E-state index contributed by atoms with van der Waals surface area (Å²) < 4.78 is 0. The predicted octanol–water partition coefficient (Wildman–Crippen LogP) is 1.89. The van der Waals surface area contributed by atoms with Gasteiger partial charge in [-0.3, -0.25) is 4.79 Å². The number of hydrogen-bond donors (Lipinski definition) is 2. The standard InChI is InChI=1S/C13H15NO3/c1-7-6-11(13(16)17)8(2)4-10(7)5-9(3)12(14)15/h4-6H,1-3H3,(H2,14,15)(H,16,17). The van der Waals surface area contributed by atoms with Gasteiger partial charge in [-0.25, -0.2) is 4.79 Å². The van der Waals surface area contributed by atoms with E-state index in [1.165, 1.54) is 0 Å². The topological polar surface area (TPSA) is 80.4 Å². The Bertz CT molecular complexity index is 516. The molecular formula is C13H15NO3. The van der Waals surface area contributed by atoms with Gasteiger partial charge in [-0.15, -0.1) is 0 Å². The number of hydrogen-bond acceptors (Lipinski definition) is 2. The molecule has 1 amide bonds. The highest BCUT2D eigenvalue weighted by Crippen LogP contribution is 2.18. The zero-order valence-electron chi connectivity index (χ0n) is 10.1. The third-order valence-electron chi connectivity index (χ3n) is 2.60. The number of aromatic carboxylic acids is 1. The molecule has 0 aliphatic rings. The number of carboxylic acids is 1. The molecule has 0 saturated heterocycles. The lowest BCUT2D eigenvalue weighted by molar-refractivity contribution is -0.114. The van der Waals surface area contributed by atoms with Gasteiger partial charge in [0, 0.05) is 5.57 Å². The maximum Gasteiger partial charge on any atom is 0.335 e. The molecule has 1 aromatic carbocycles. The van der Waals surface area contributed by atoms with Gasteiger partial charge < -0.3 is 10.8 Å². The van der Waals surface area contributed by atoms with Crippen LogP contribution in [0.15, 0.2) is 17.7 Å². The van der Waals surface area contributed by atoms with Crippen molar-refractivity contribution >= 4 is 18.0 Å². The van der Waals surface area contributed by atoms with Crippen molar-refractivity contribution in [3.63, 3.8) is 0 Å².